The zero-order valence-electron chi connectivity index (χ0n) is 15.4. The van der Waals surface area contributed by atoms with Crippen molar-refractivity contribution < 1.29 is 19.1 Å². The highest BCUT2D eigenvalue weighted by atomic mass is 19.1. The topological polar surface area (TPSA) is 81.7 Å². The van der Waals surface area contributed by atoms with Crippen molar-refractivity contribution in [3.63, 3.8) is 0 Å². The molecule has 1 saturated heterocycles. The Morgan fingerprint density at radius 3 is 2.38 bits per heavy atom. The quantitative estimate of drug-likeness (QED) is 0.725. The largest absolute Gasteiger partial charge is 0.396 e. The molecule has 144 valence electrons. The molecule has 1 atom stereocenters. The number of amides is 3. The number of nitrogens with zero attached hydrogens (tertiary/aromatic N) is 1. The van der Waals surface area contributed by atoms with Crippen LogP contribution in [0.1, 0.15) is 33.1 Å². The Bertz CT molecular complexity index is 599. The molecule has 3 N–H and O–H groups in total. The number of hydrogen-bond donors (Lipinski definition) is 3. The van der Waals surface area contributed by atoms with E-state index in [1.165, 1.54) is 24.3 Å². The third-order valence-corrected chi connectivity index (χ3v) is 4.60. The van der Waals surface area contributed by atoms with Crippen LogP contribution < -0.4 is 10.6 Å². The summed E-state index contributed by atoms with van der Waals surface area (Å²) in [5.74, 6) is 0.0156. The number of urea groups is 1. The van der Waals surface area contributed by atoms with Crippen LogP contribution in [0.3, 0.4) is 0 Å². The molecule has 1 heterocycles. The molecule has 3 amide bonds. The van der Waals surface area contributed by atoms with Gasteiger partial charge in [0.05, 0.1) is 0 Å². The maximum atomic E-state index is 12.9. The molecule has 1 aliphatic rings. The summed E-state index contributed by atoms with van der Waals surface area (Å²) in [4.78, 5) is 26.8. The Balaban J connectivity index is 1.96. The molecule has 7 heteroatoms. The molecule has 26 heavy (non-hydrogen) atoms. The Labute approximate surface area is 153 Å². The van der Waals surface area contributed by atoms with Crippen LogP contribution in [-0.2, 0) is 4.79 Å². The molecule has 1 aliphatic heterocycles. The fourth-order valence-electron chi connectivity index (χ4n) is 3.11. The van der Waals surface area contributed by atoms with Crippen LogP contribution >= 0.6 is 0 Å². The van der Waals surface area contributed by atoms with Gasteiger partial charge in [0.1, 0.15) is 11.9 Å². The lowest BCUT2D eigenvalue weighted by Crippen LogP contribution is -2.52. The molecule has 0 aliphatic carbocycles. The van der Waals surface area contributed by atoms with E-state index in [1.54, 1.807) is 4.90 Å². The van der Waals surface area contributed by atoms with E-state index in [1.807, 2.05) is 13.8 Å². The molecule has 0 radical (unpaired) electrons. The number of piperidine rings is 1. The summed E-state index contributed by atoms with van der Waals surface area (Å²) in [6.45, 7) is 5.34. The monoisotopic (exact) mass is 365 g/mol. The molecule has 0 spiro atoms. The Kier molecular flexibility index (Phi) is 7.38. The van der Waals surface area contributed by atoms with Gasteiger partial charge in [0.2, 0.25) is 5.91 Å². The average Bonchev–Trinajstić information content (AvgIpc) is 2.62. The normalized spacial score (nSPS) is 16.4. The van der Waals surface area contributed by atoms with E-state index in [9.17, 15) is 19.1 Å². The van der Waals surface area contributed by atoms with Gasteiger partial charge in [-0.05, 0) is 55.4 Å². The molecule has 1 aromatic rings. The highest BCUT2D eigenvalue weighted by Crippen LogP contribution is 2.18. The Morgan fingerprint density at radius 2 is 1.85 bits per heavy atom. The summed E-state index contributed by atoms with van der Waals surface area (Å²) in [6, 6.07) is 4.36. The molecule has 0 saturated carbocycles. The van der Waals surface area contributed by atoms with Gasteiger partial charge in [-0.3, -0.25) is 4.79 Å². The maximum absolute atomic E-state index is 12.9. The molecular formula is C19H28FN3O3. The highest BCUT2D eigenvalue weighted by Gasteiger charge is 2.29. The van der Waals surface area contributed by atoms with Gasteiger partial charge >= 0.3 is 6.03 Å². The van der Waals surface area contributed by atoms with Crippen LogP contribution in [0.4, 0.5) is 14.9 Å². The number of aliphatic hydroxyl groups excluding tert-OH is 1. The van der Waals surface area contributed by atoms with Gasteiger partial charge in [-0.1, -0.05) is 13.8 Å². The number of carbonyl (C=O) groups excluding carboxylic acids is 2. The maximum Gasteiger partial charge on any atom is 0.319 e. The summed E-state index contributed by atoms with van der Waals surface area (Å²) >= 11 is 0. The Morgan fingerprint density at radius 1 is 1.23 bits per heavy atom. The zero-order valence-corrected chi connectivity index (χ0v) is 15.4. The SMILES string of the molecule is CC(C)C[C@H](NC(=O)Nc1ccc(F)cc1)C(=O)N1CCC(CO)CC1. The van der Waals surface area contributed by atoms with Crippen LogP contribution in [-0.4, -0.2) is 47.7 Å². The number of benzene rings is 1. The zero-order chi connectivity index (χ0) is 19.1. The number of hydrogen-bond acceptors (Lipinski definition) is 3. The van der Waals surface area contributed by atoms with Crippen molar-refractivity contribution >= 4 is 17.6 Å². The lowest BCUT2D eigenvalue weighted by molar-refractivity contribution is -0.135. The second kappa shape index (κ2) is 9.52. The van der Waals surface area contributed by atoms with E-state index in [4.69, 9.17) is 0 Å². The van der Waals surface area contributed by atoms with Crippen molar-refractivity contribution in [2.24, 2.45) is 11.8 Å². The first-order valence-electron chi connectivity index (χ1n) is 9.11. The molecule has 0 aromatic heterocycles. The minimum absolute atomic E-state index is 0.0932. The van der Waals surface area contributed by atoms with Crippen LogP contribution in [0.2, 0.25) is 0 Å². The molecular weight excluding hydrogens is 337 g/mol. The highest BCUT2D eigenvalue weighted by molar-refractivity contribution is 5.93. The molecule has 6 nitrogen and oxygen atoms in total. The predicted molar refractivity (Wildman–Crippen MR) is 98.2 cm³/mol. The van der Waals surface area contributed by atoms with Gasteiger partial charge in [0, 0.05) is 25.4 Å². The number of likely N-dealkylation sites (tertiary alicyclic amines) is 1. The predicted octanol–water partition coefficient (Wildman–Crippen LogP) is 2.59. The number of anilines is 1. The van der Waals surface area contributed by atoms with E-state index in [0.29, 0.717) is 25.2 Å². The van der Waals surface area contributed by atoms with Crippen molar-refractivity contribution in [1.82, 2.24) is 10.2 Å². The van der Waals surface area contributed by atoms with Crippen molar-refractivity contribution in [1.29, 1.82) is 0 Å². The molecule has 0 unspecified atom stereocenters. The van der Waals surface area contributed by atoms with E-state index >= 15 is 0 Å². The molecule has 0 bridgehead atoms. The lowest BCUT2D eigenvalue weighted by atomic mass is 9.96. The lowest BCUT2D eigenvalue weighted by Gasteiger charge is -2.34. The number of aliphatic hydroxyl groups is 1. The van der Waals surface area contributed by atoms with Crippen molar-refractivity contribution in [2.75, 3.05) is 25.0 Å². The van der Waals surface area contributed by atoms with Crippen LogP contribution in [0.15, 0.2) is 24.3 Å². The van der Waals surface area contributed by atoms with Crippen LogP contribution in [0.5, 0.6) is 0 Å². The van der Waals surface area contributed by atoms with Gasteiger partial charge in [0.15, 0.2) is 0 Å². The molecule has 2 rings (SSSR count). The molecule has 1 aromatic carbocycles. The number of halogens is 1. The third-order valence-electron chi connectivity index (χ3n) is 4.60. The summed E-state index contributed by atoms with van der Waals surface area (Å²) in [5.41, 5.74) is 0.461. The fraction of sp³-hybridized carbons (Fsp3) is 0.579. The smallest absolute Gasteiger partial charge is 0.319 e. The van der Waals surface area contributed by atoms with Gasteiger partial charge in [-0.2, -0.15) is 0 Å². The minimum atomic E-state index is -0.610. The van der Waals surface area contributed by atoms with Crippen molar-refractivity contribution in [3.05, 3.63) is 30.1 Å². The van der Waals surface area contributed by atoms with E-state index in [-0.39, 0.29) is 30.2 Å². The van der Waals surface area contributed by atoms with Crippen molar-refractivity contribution in [3.8, 4) is 0 Å². The van der Waals surface area contributed by atoms with Gasteiger partial charge in [-0.25, -0.2) is 9.18 Å². The van der Waals surface area contributed by atoms with Gasteiger partial charge in [0.25, 0.3) is 0 Å². The average molecular weight is 365 g/mol. The van der Waals surface area contributed by atoms with E-state index < -0.39 is 12.1 Å². The molecule has 1 fully saturated rings. The fourth-order valence-corrected chi connectivity index (χ4v) is 3.11. The number of rotatable bonds is 6. The number of carbonyl (C=O) groups is 2. The summed E-state index contributed by atoms with van der Waals surface area (Å²) < 4.78 is 12.9. The number of nitrogens with one attached hydrogen (secondary N) is 2. The van der Waals surface area contributed by atoms with E-state index in [0.717, 1.165) is 12.8 Å². The first-order chi connectivity index (χ1) is 12.4. The van der Waals surface area contributed by atoms with Crippen LogP contribution in [0, 0.1) is 17.7 Å². The van der Waals surface area contributed by atoms with Gasteiger partial charge < -0.3 is 20.6 Å². The standard InChI is InChI=1S/C19H28FN3O3/c1-13(2)11-17(18(25)23-9-7-14(12-24)8-10-23)22-19(26)21-16-5-3-15(20)4-6-16/h3-6,13-14,17,24H,7-12H2,1-2H3,(H2,21,22,26)/t17-/m0/s1. The first-order valence-corrected chi connectivity index (χ1v) is 9.11. The van der Waals surface area contributed by atoms with Crippen molar-refractivity contribution in [2.45, 2.75) is 39.2 Å². The second-order valence-corrected chi connectivity index (χ2v) is 7.24. The van der Waals surface area contributed by atoms with Gasteiger partial charge in [-0.15, -0.1) is 0 Å². The Hall–Kier alpha value is -2.15. The first kappa shape index (κ1) is 20.2. The second-order valence-electron chi connectivity index (χ2n) is 7.24. The summed E-state index contributed by atoms with van der Waals surface area (Å²) in [7, 11) is 0. The summed E-state index contributed by atoms with van der Waals surface area (Å²) in [6.07, 6.45) is 2.09. The third kappa shape index (κ3) is 5.98. The summed E-state index contributed by atoms with van der Waals surface area (Å²) in [5, 5.41) is 14.6. The minimum Gasteiger partial charge on any atom is -0.396 e. The van der Waals surface area contributed by atoms with Crippen LogP contribution in [0.25, 0.3) is 0 Å². The van der Waals surface area contributed by atoms with E-state index in [2.05, 4.69) is 10.6 Å².